The summed E-state index contributed by atoms with van der Waals surface area (Å²) in [4.78, 5) is 18.2. The van der Waals surface area contributed by atoms with Gasteiger partial charge in [0.05, 0.1) is 5.02 Å². The Bertz CT molecular complexity index is 798. The number of aromatic nitrogens is 1. The van der Waals surface area contributed by atoms with E-state index in [0.717, 1.165) is 5.82 Å². The first-order valence-corrected chi connectivity index (χ1v) is 9.63. The zero-order valence-corrected chi connectivity index (χ0v) is 16.2. The van der Waals surface area contributed by atoms with Gasteiger partial charge in [0.2, 0.25) is 0 Å². The van der Waals surface area contributed by atoms with Gasteiger partial charge in [-0.25, -0.2) is 13.8 Å². The number of carbonyl (C=O) groups excluding carboxylic acids is 1. The van der Waals surface area contributed by atoms with Crippen LogP contribution in [0, 0.1) is 5.82 Å². The summed E-state index contributed by atoms with van der Waals surface area (Å²) in [5, 5.41) is 6.19. The van der Waals surface area contributed by atoms with Crippen LogP contribution in [-0.2, 0) is 0 Å². The Kier molecular flexibility index (Phi) is 6.80. The molecule has 2 N–H and O–H groups in total. The van der Waals surface area contributed by atoms with Crippen LogP contribution >= 0.6 is 11.6 Å². The lowest BCUT2D eigenvalue weighted by atomic mass is 9.93. The molecule has 0 unspecified atom stereocenters. The van der Waals surface area contributed by atoms with Crippen LogP contribution in [0.25, 0.3) is 0 Å². The van der Waals surface area contributed by atoms with Crippen LogP contribution in [-0.4, -0.2) is 54.2 Å². The monoisotopic (exact) mass is 408 g/mol. The lowest BCUT2D eigenvalue weighted by Crippen LogP contribution is -2.49. The van der Waals surface area contributed by atoms with Gasteiger partial charge < -0.3 is 15.5 Å². The van der Waals surface area contributed by atoms with Crippen molar-refractivity contribution in [2.75, 3.05) is 38.0 Å². The van der Waals surface area contributed by atoms with Crippen LogP contribution in [0.1, 0.15) is 23.2 Å². The first kappa shape index (κ1) is 20.5. The molecule has 1 amide bonds. The van der Waals surface area contributed by atoms with Crippen LogP contribution in [0.5, 0.6) is 0 Å². The molecule has 1 saturated heterocycles. The first-order chi connectivity index (χ1) is 13.5. The normalized spacial score (nSPS) is 16.0. The molecule has 2 aromatic rings. The number of likely N-dealkylation sites (tertiary alicyclic amines) is 1. The lowest BCUT2D eigenvalue weighted by Gasteiger charge is -2.36. The molecule has 1 fully saturated rings. The topological polar surface area (TPSA) is 57.3 Å². The van der Waals surface area contributed by atoms with Crippen LogP contribution in [0.4, 0.5) is 14.6 Å². The van der Waals surface area contributed by atoms with Crippen molar-refractivity contribution >= 4 is 23.3 Å². The van der Waals surface area contributed by atoms with Crippen LogP contribution in [0.2, 0.25) is 5.02 Å². The Morgan fingerprint density at radius 3 is 2.68 bits per heavy atom. The number of pyridine rings is 1. The second-order valence-electron chi connectivity index (χ2n) is 6.89. The van der Waals surface area contributed by atoms with Crippen molar-refractivity contribution in [3.05, 3.63) is 59.0 Å². The molecule has 0 saturated carbocycles. The number of nitrogens with one attached hydrogen (secondary N) is 2. The molecular formula is C20H23ClF2N4O. The maximum Gasteiger partial charge on any atom is 0.253 e. The summed E-state index contributed by atoms with van der Waals surface area (Å²) in [6.07, 6.45) is 2.23. The molecule has 0 spiro atoms. The summed E-state index contributed by atoms with van der Waals surface area (Å²) < 4.78 is 28.2. The summed E-state index contributed by atoms with van der Waals surface area (Å²) >= 11 is 5.74. The van der Waals surface area contributed by atoms with E-state index in [9.17, 15) is 13.6 Å². The van der Waals surface area contributed by atoms with Crippen molar-refractivity contribution in [2.45, 2.75) is 18.5 Å². The van der Waals surface area contributed by atoms with Crippen molar-refractivity contribution in [1.82, 2.24) is 15.2 Å². The molecular weight excluding hydrogens is 386 g/mol. The van der Waals surface area contributed by atoms with Crippen molar-refractivity contribution < 1.29 is 13.6 Å². The molecule has 8 heteroatoms. The molecule has 0 atom stereocenters. The highest BCUT2D eigenvalue weighted by molar-refractivity contribution is 6.31. The number of benzene rings is 1. The quantitative estimate of drug-likeness (QED) is 0.688. The van der Waals surface area contributed by atoms with Gasteiger partial charge in [-0.15, -0.1) is 0 Å². The molecule has 1 aromatic heterocycles. The van der Waals surface area contributed by atoms with Crippen LogP contribution in [0.3, 0.4) is 0 Å². The number of nitrogens with zero attached hydrogens (tertiary/aromatic N) is 2. The Morgan fingerprint density at radius 2 is 2.00 bits per heavy atom. The summed E-state index contributed by atoms with van der Waals surface area (Å²) in [6.45, 7) is 2.12. The minimum atomic E-state index is -1.35. The number of piperidine rings is 1. The average molecular weight is 409 g/mol. The fraction of sp³-hybridized carbons (Fsp3) is 0.400. The fourth-order valence-corrected chi connectivity index (χ4v) is 3.34. The van der Waals surface area contributed by atoms with Gasteiger partial charge in [0.15, 0.2) is 0 Å². The van der Waals surface area contributed by atoms with E-state index in [4.69, 9.17) is 11.6 Å². The molecule has 1 aliphatic rings. The van der Waals surface area contributed by atoms with E-state index in [1.165, 1.54) is 18.2 Å². The van der Waals surface area contributed by atoms with Gasteiger partial charge in [0.25, 0.3) is 5.91 Å². The smallest absolute Gasteiger partial charge is 0.253 e. The van der Waals surface area contributed by atoms with E-state index < -0.39 is 11.5 Å². The number of alkyl halides is 1. The standard InChI is InChI=1S/C20H23ClF2N4O/c21-16-13-15(4-5-17(16)22)19(28)27-11-6-20(23,7-12-27)14-24-9-10-26-18-3-1-2-8-25-18/h1-5,8,13,24H,6-7,9-12,14H2,(H,25,26). The van der Waals surface area contributed by atoms with E-state index in [-0.39, 0.29) is 30.3 Å². The maximum atomic E-state index is 15.0. The highest BCUT2D eigenvalue weighted by atomic mass is 35.5. The Morgan fingerprint density at radius 1 is 1.21 bits per heavy atom. The van der Waals surface area contributed by atoms with Crippen LogP contribution < -0.4 is 10.6 Å². The van der Waals surface area contributed by atoms with Gasteiger partial charge in [0, 0.05) is 57.3 Å². The van der Waals surface area contributed by atoms with E-state index in [0.29, 0.717) is 31.7 Å². The number of amides is 1. The maximum absolute atomic E-state index is 15.0. The summed E-state index contributed by atoms with van der Waals surface area (Å²) in [5.74, 6) is -0.0355. The molecule has 28 heavy (non-hydrogen) atoms. The van der Waals surface area contributed by atoms with Crippen LogP contribution in [0.15, 0.2) is 42.6 Å². The number of hydrogen-bond acceptors (Lipinski definition) is 4. The van der Waals surface area contributed by atoms with Gasteiger partial charge in [0.1, 0.15) is 17.3 Å². The first-order valence-electron chi connectivity index (χ1n) is 9.26. The minimum Gasteiger partial charge on any atom is -0.369 e. The van der Waals surface area contributed by atoms with E-state index in [2.05, 4.69) is 15.6 Å². The molecule has 3 rings (SSSR count). The predicted molar refractivity (Wildman–Crippen MR) is 106 cm³/mol. The molecule has 2 heterocycles. The lowest BCUT2D eigenvalue weighted by molar-refractivity contribution is 0.0437. The summed E-state index contributed by atoms with van der Waals surface area (Å²) in [6, 6.07) is 9.50. The molecule has 1 aromatic carbocycles. The highest BCUT2D eigenvalue weighted by Gasteiger charge is 2.35. The largest absolute Gasteiger partial charge is 0.369 e. The molecule has 1 aliphatic heterocycles. The third-order valence-electron chi connectivity index (χ3n) is 4.83. The van der Waals surface area contributed by atoms with Gasteiger partial charge in [-0.1, -0.05) is 17.7 Å². The zero-order chi connectivity index (χ0) is 20.0. The average Bonchev–Trinajstić information content (AvgIpc) is 2.71. The number of hydrogen-bond donors (Lipinski definition) is 2. The Labute approximate surface area is 168 Å². The highest BCUT2D eigenvalue weighted by Crippen LogP contribution is 2.27. The summed E-state index contributed by atoms with van der Waals surface area (Å²) in [7, 11) is 0. The number of halogens is 3. The fourth-order valence-electron chi connectivity index (χ4n) is 3.16. The minimum absolute atomic E-state index is 0.0915. The van der Waals surface area contributed by atoms with Crippen molar-refractivity contribution in [2.24, 2.45) is 0 Å². The van der Waals surface area contributed by atoms with Gasteiger partial charge in [-0.05, 0) is 30.3 Å². The molecule has 0 aliphatic carbocycles. The van der Waals surface area contributed by atoms with E-state index in [1.54, 1.807) is 11.1 Å². The Balaban J connectivity index is 1.40. The molecule has 0 radical (unpaired) electrons. The SMILES string of the molecule is O=C(c1ccc(F)c(Cl)c1)N1CCC(F)(CNCCNc2ccccn2)CC1. The van der Waals surface area contributed by atoms with Gasteiger partial charge in [-0.2, -0.15) is 0 Å². The second kappa shape index (κ2) is 9.30. The van der Waals surface area contributed by atoms with E-state index in [1.807, 2.05) is 18.2 Å². The Hall–Kier alpha value is -2.25. The molecule has 5 nitrogen and oxygen atoms in total. The number of rotatable bonds is 7. The van der Waals surface area contributed by atoms with E-state index >= 15 is 0 Å². The third kappa shape index (κ3) is 5.39. The summed E-state index contributed by atoms with van der Waals surface area (Å²) in [5.41, 5.74) is -1.03. The third-order valence-corrected chi connectivity index (χ3v) is 5.12. The second-order valence-corrected chi connectivity index (χ2v) is 7.30. The molecule has 150 valence electrons. The number of carbonyl (C=O) groups is 1. The van der Waals surface area contributed by atoms with Crippen molar-refractivity contribution in [1.29, 1.82) is 0 Å². The van der Waals surface area contributed by atoms with Crippen molar-refractivity contribution in [3.8, 4) is 0 Å². The van der Waals surface area contributed by atoms with Gasteiger partial charge >= 0.3 is 0 Å². The zero-order valence-electron chi connectivity index (χ0n) is 15.4. The van der Waals surface area contributed by atoms with Gasteiger partial charge in [-0.3, -0.25) is 4.79 Å². The number of anilines is 1. The van der Waals surface area contributed by atoms with Crippen molar-refractivity contribution in [3.63, 3.8) is 0 Å². The predicted octanol–water partition coefficient (Wildman–Crippen LogP) is 3.52. The molecule has 0 bridgehead atoms.